The molecule has 0 radical (unpaired) electrons. The molecule has 1 unspecified atom stereocenters. The van der Waals surface area contributed by atoms with Gasteiger partial charge < -0.3 is 0 Å². The summed E-state index contributed by atoms with van der Waals surface area (Å²) in [5.41, 5.74) is 4.53. The molecule has 0 fully saturated rings. The number of hydrogen-bond donors (Lipinski definition) is 0. The number of benzene rings is 2. The first kappa shape index (κ1) is 13.3. The normalized spacial score (nSPS) is 16.0. The molecule has 22 heavy (non-hydrogen) atoms. The van der Waals surface area contributed by atoms with Crippen LogP contribution in [0.3, 0.4) is 0 Å². The second-order valence-electron chi connectivity index (χ2n) is 5.41. The molecule has 2 heterocycles. The number of nitrogens with zero attached hydrogens (tertiary/aromatic N) is 1. The van der Waals surface area contributed by atoms with Crippen molar-refractivity contribution in [1.29, 1.82) is 0 Å². The van der Waals surface area contributed by atoms with Crippen molar-refractivity contribution in [3.8, 4) is 11.1 Å². The van der Waals surface area contributed by atoms with Gasteiger partial charge in [0.15, 0.2) is 0 Å². The zero-order valence-corrected chi connectivity index (χ0v) is 13.0. The highest BCUT2D eigenvalue weighted by molar-refractivity contribution is 7.10. The van der Waals surface area contributed by atoms with Crippen LogP contribution in [-0.4, -0.2) is 5.91 Å². The number of thiophene rings is 1. The van der Waals surface area contributed by atoms with Gasteiger partial charge in [-0.2, -0.15) is 0 Å². The van der Waals surface area contributed by atoms with E-state index in [1.165, 1.54) is 16.0 Å². The van der Waals surface area contributed by atoms with Crippen LogP contribution in [0.15, 0.2) is 66.0 Å². The molecule has 1 aliphatic rings. The molecule has 0 saturated heterocycles. The number of hydrogen-bond acceptors (Lipinski definition) is 2. The molecular weight excluding hydrogens is 290 g/mol. The Morgan fingerprint density at radius 1 is 0.955 bits per heavy atom. The fourth-order valence-corrected chi connectivity index (χ4v) is 4.08. The van der Waals surface area contributed by atoms with Crippen molar-refractivity contribution in [1.82, 2.24) is 0 Å². The summed E-state index contributed by atoms with van der Waals surface area (Å²) in [7, 11) is 0. The van der Waals surface area contributed by atoms with Crippen molar-refractivity contribution in [2.75, 3.05) is 4.90 Å². The lowest BCUT2D eigenvalue weighted by atomic mass is 9.87. The topological polar surface area (TPSA) is 20.3 Å². The maximum absolute atomic E-state index is 12.4. The van der Waals surface area contributed by atoms with Gasteiger partial charge in [0.2, 0.25) is 5.91 Å². The van der Waals surface area contributed by atoms with Gasteiger partial charge in [-0.3, -0.25) is 9.69 Å². The van der Waals surface area contributed by atoms with E-state index >= 15 is 0 Å². The van der Waals surface area contributed by atoms with Gasteiger partial charge in [-0.15, -0.1) is 11.3 Å². The quantitative estimate of drug-likeness (QED) is 0.628. The Hall–Kier alpha value is -2.39. The molecule has 1 aromatic heterocycles. The summed E-state index contributed by atoms with van der Waals surface area (Å²) < 4.78 is 0. The van der Waals surface area contributed by atoms with Crippen LogP contribution in [0.25, 0.3) is 11.1 Å². The molecule has 0 N–H and O–H groups in total. The first-order valence-corrected chi connectivity index (χ1v) is 8.17. The van der Waals surface area contributed by atoms with Crippen LogP contribution < -0.4 is 4.90 Å². The minimum absolute atomic E-state index is 0.0383. The lowest BCUT2D eigenvalue weighted by molar-refractivity contribution is -0.116. The molecule has 3 heteroatoms. The Kier molecular flexibility index (Phi) is 3.09. The Bertz CT molecular complexity index is 838. The molecule has 0 spiro atoms. The van der Waals surface area contributed by atoms with Crippen molar-refractivity contribution in [3.05, 3.63) is 76.5 Å². The number of para-hydroxylation sites is 1. The molecular formula is C19H15NOS. The maximum Gasteiger partial charge on any atom is 0.224 e. The summed E-state index contributed by atoms with van der Waals surface area (Å²) in [5.74, 6) is 0.0698. The predicted octanol–water partition coefficient (Wildman–Crippen LogP) is 4.87. The average molecular weight is 305 g/mol. The molecule has 0 saturated carbocycles. The van der Waals surface area contributed by atoms with Crippen LogP contribution >= 0.6 is 11.3 Å². The monoisotopic (exact) mass is 305 g/mol. The molecule has 3 aromatic rings. The highest BCUT2D eigenvalue weighted by Gasteiger charge is 2.34. The van der Waals surface area contributed by atoms with Crippen LogP contribution in [0.2, 0.25) is 0 Å². The van der Waals surface area contributed by atoms with E-state index in [9.17, 15) is 4.79 Å². The standard InChI is InChI=1S/C19H15NOS/c1-13(21)20-17-10-5-4-8-15(17)14-7-2-3-9-16(14)19(20)18-11-6-12-22-18/h2-12,19H,1H3. The van der Waals surface area contributed by atoms with Crippen molar-refractivity contribution >= 4 is 22.9 Å². The molecule has 0 aliphatic carbocycles. The van der Waals surface area contributed by atoms with E-state index in [1.54, 1.807) is 18.3 Å². The fourth-order valence-electron chi connectivity index (χ4n) is 3.25. The summed E-state index contributed by atoms with van der Waals surface area (Å²) in [6.07, 6.45) is 0. The van der Waals surface area contributed by atoms with Gasteiger partial charge in [0, 0.05) is 17.4 Å². The smallest absolute Gasteiger partial charge is 0.224 e. The largest absolute Gasteiger partial charge is 0.300 e. The lowest BCUT2D eigenvalue weighted by Gasteiger charge is -2.37. The van der Waals surface area contributed by atoms with Crippen LogP contribution in [-0.2, 0) is 4.79 Å². The van der Waals surface area contributed by atoms with Gasteiger partial charge in [-0.1, -0.05) is 48.5 Å². The van der Waals surface area contributed by atoms with E-state index in [1.807, 2.05) is 35.2 Å². The van der Waals surface area contributed by atoms with Gasteiger partial charge in [0.25, 0.3) is 0 Å². The highest BCUT2D eigenvalue weighted by Crippen LogP contribution is 2.47. The lowest BCUT2D eigenvalue weighted by Crippen LogP contribution is -2.36. The van der Waals surface area contributed by atoms with Crippen molar-refractivity contribution in [2.45, 2.75) is 13.0 Å². The third-order valence-corrected chi connectivity index (χ3v) is 5.04. The van der Waals surface area contributed by atoms with Crippen LogP contribution in [0, 0.1) is 0 Å². The van der Waals surface area contributed by atoms with E-state index in [0.717, 1.165) is 11.3 Å². The van der Waals surface area contributed by atoms with E-state index in [0.29, 0.717) is 0 Å². The molecule has 1 atom stereocenters. The van der Waals surface area contributed by atoms with E-state index < -0.39 is 0 Å². The van der Waals surface area contributed by atoms with E-state index in [2.05, 4.69) is 35.7 Å². The molecule has 108 valence electrons. The summed E-state index contributed by atoms with van der Waals surface area (Å²) in [6.45, 7) is 1.64. The van der Waals surface area contributed by atoms with E-state index in [-0.39, 0.29) is 11.9 Å². The van der Waals surface area contributed by atoms with E-state index in [4.69, 9.17) is 0 Å². The number of rotatable bonds is 1. The van der Waals surface area contributed by atoms with Crippen molar-refractivity contribution < 1.29 is 4.79 Å². The molecule has 0 bridgehead atoms. The number of fused-ring (bicyclic) bond motifs is 3. The van der Waals surface area contributed by atoms with Gasteiger partial charge in [-0.05, 0) is 28.6 Å². The molecule has 1 amide bonds. The van der Waals surface area contributed by atoms with Gasteiger partial charge in [-0.25, -0.2) is 0 Å². The van der Waals surface area contributed by atoms with Crippen LogP contribution in [0.1, 0.15) is 23.4 Å². The van der Waals surface area contributed by atoms with Crippen molar-refractivity contribution in [3.63, 3.8) is 0 Å². The summed E-state index contributed by atoms with van der Waals surface area (Å²) >= 11 is 1.69. The van der Waals surface area contributed by atoms with Gasteiger partial charge in [0.1, 0.15) is 0 Å². The minimum Gasteiger partial charge on any atom is -0.300 e. The summed E-state index contributed by atoms with van der Waals surface area (Å²) in [4.78, 5) is 15.5. The predicted molar refractivity (Wildman–Crippen MR) is 91.2 cm³/mol. The van der Waals surface area contributed by atoms with Crippen LogP contribution in [0.5, 0.6) is 0 Å². The number of anilines is 1. The molecule has 4 rings (SSSR count). The summed E-state index contributed by atoms with van der Waals surface area (Å²) in [6, 6.07) is 20.6. The molecule has 1 aliphatic heterocycles. The maximum atomic E-state index is 12.4. The number of carbonyl (C=O) groups is 1. The SMILES string of the molecule is CC(=O)N1c2ccccc2-c2ccccc2C1c1cccs1. The molecule has 2 nitrogen and oxygen atoms in total. The number of carbonyl (C=O) groups excluding carboxylic acids is 1. The third kappa shape index (κ3) is 1.90. The Labute approximate surface area is 133 Å². The second-order valence-corrected chi connectivity index (χ2v) is 6.39. The van der Waals surface area contributed by atoms with Gasteiger partial charge >= 0.3 is 0 Å². The van der Waals surface area contributed by atoms with Crippen molar-refractivity contribution in [2.24, 2.45) is 0 Å². The Morgan fingerprint density at radius 3 is 2.41 bits per heavy atom. The number of amides is 1. The third-order valence-electron chi connectivity index (χ3n) is 4.12. The first-order chi connectivity index (χ1) is 10.8. The average Bonchev–Trinajstić information content (AvgIpc) is 3.07. The Morgan fingerprint density at radius 2 is 1.68 bits per heavy atom. The molecule has 2 aromatic carbocycles. The summed E-state index contributed by atoms with van der Waals surface area (Å²) in [5, 5.41) is 2.07. The fraction of sp³-hybridized carbons (Fsp3) is 0.105. The zero-order valence-electron chi connectivity index (χ0n) is 12.2. The van der Waals surface area contributed by atoms with Crippen LogP contribution in [0.4, 0.5) is 5.69 Å². The highest BCUT2D eigenvalue weighted by atomic mass is 32.1. The first-order valence-electron chi connectivity index (χ1n) is 7.29. The Balaban J connectivity index is 2.04. The zero-order chi connectivity index (χ0) is 15.1. The van der Waals surface area contributed by atoms with Gasteiger partial charge in [0.05, 0.1) is 11.7 Å². The minimum atomic E-state index is -0.0383. The second kappa shape index (κ2) is 5.11.